The number of hydrogen-bond donors (Lipinski definition) is 1. The quantitative estimate of drug-likeness (QED) is 0.360. The molecule has 1 aromatic heterocycles. The van der Waals surface area contributed by atoms with Crippen LogP contribution in [0.2, 0.25) is 5.02 Å². The first-order valence-electron chi connectivity index (χ1n) is 6.84. The fraction of sp³-hybridized carbons (Fsp3) is 0. The normalized spacial score (nSPS) is 10.8. The summed E-state index contributed by atoms with van der Waals surface area (Å²) >= 11 is 6.69. The maximum Gasteiger partial charge on any atom is 0.263 e. The Balaban J connectivity index is 1.89. The molecule has 0 aliphatic rings. The molecule has 0 unspecified atom stereocenters. The van der Waals surface area contributed by atoms with Gasteiger partial charge in [0.05, 0.1) is 5.69 Å². The minimum Gasteiger partial charge on any atom is -0.298 e. The molecule has 0 aliphatic carbocycles. The summed E-state index contributed by atoms with van der Waals surface area (Å²) in [6.45, 7) is 0. The van der Waals surface area contributed by atoms with Crippen molar-refractivity contribution in [3.05, 3.63) is 69.3 Å². The summed E-state index contributed by atoms with van der Waals surface area (Å²) in [5, 5.41) is 3.98. The smallest absolute Gasteiger partial charge is 0.263 e. The number of carbonyl (C=O) groups excluding carboxylic acids is 1. The third-order valence-corrected chi connectivity index (χ3v) is 4.31. The van der Waals surface area contributed by atoms with Gasteiger partial charge in [-0.25, -0.2) is 26.9 Å². The molecule has 0 saturated carbocycles. The molecule has 0 spiro atoms. The van der Waals surface area contributed by atoms with Crippen molar-refractivity contribution in [3.8, 4) is 11.3 Å². The van der Waals surface area contributed by atoms with Crippen molar-refractivity contribution < 1.29 is 26.7 Å². The Morgan fingerprint density at radius 3 is 2.04 bits per heavy atom. The second-order valence-corrected chi connectivity index (χ2v) is 6.24. The van der Waals surface area contributed by atoms with Crippen molar-refractivity contribution in [3.63, 3.8) is 0 Å². The number of amides is 1. The first-order valence-corrected chi connectivity index (χ1v) is 8.09. The van der Waals surface area contributed by atoms with Crippen LogP contribution in [0.1, 0.15) is 10.4 Å². The predicted octanol–water partition coefficient (Wildman–Crippen LogP) is 5.41. The van der Waals surface area contributed by atoms with E-state index in [1.165, 1.54) is 5.38 Å². The lowest BCUT2D eigenvalue weighted by Gasteiger charge is -2.07. The molecular formula is C16H6ClF5N2OS. The van der Waals surface area contributed by atoms with Crippen LogP contribution in [0.5, 0.6) is 0 Å². The molecule has 1 heterocycles. The van der Waals surface area contributed by atoms with Crippen LogP contribution < -0.4 is 5.32 Å². The number of nitrogens with one attached hydrogen (secondary N) is 1. The Morgan fingerprint density at radius 2 is 1.46 bits per heavy atom. The summed E-state index contributed by atoms with van der Waals surface area (Å²) in [6.07, 6.45) is 0. The molecule has 0 saturated heterocycles. The number of anilines is 1. The maximum atomic E-state index is 13.7. The first-order chi connectivity index (χ1) is 12.3. The Morgan fingerprint density at radius 1 is 0.923 bits per heavy atom. The van der Waals surface area contributed by atoms with Gasteiger partial charge in [0, 0.05) is 16.0 Å². The predicted molar refractivity (Wildman–Crippen MR) is 86.7 cm³/mol. The summed E-state index contributed by atoms with van der Waals surface area (Å²) in [5.74, 6) is -12.7. The van der Waals surface area contributed by atoms with Crippen LogP contribution in [-0.2, 0) is 0 Å². The van der Waals surface area contributed by atoms with Crippen LogP contribution >= 0.6 is 22.9 Å². The Labute approximate surface area is 152 Å². The van der Waals surface area contributed by atoms with Crippen LogP contribution in [0.25, 0.3) is 11.3 Å². The number of halogens is 6. The molecule has 26 heavy (non-hydrogen) atoms. The third kappa shape index (κ3) is 3.27. The Kier molecular flexibility index (Phi) is 4.92. The van der Waals surface area contributed by atoms with E-state index < -0.39 is 40.6 Å². The van der Waals surface area contributed by atoms with Crippen LogP contribution in [0.4, 0.5) is 27.1 Å². The number of hydrogen-bond acceptors (Lipinski definition) is 3. The second-order valence-electron chi connectivity index (χ2n) is 4.94. The van der Waals surface area contributed by atoms with Gasteiger partial charge in [0.25, 0.3) is 5.91 Å². The fourth-order valence-corrected chi connectivity index (χ4v) is 2.89. The largest absolute Gasteiger partial charge is 0.298 e. The SMILES string of the molecule is O=C(Nc1nc(-c2ccc(Cl)cc2)cs1)c1c(F)c(F)c(F)c(F)c1F. The van der Waals surface area contributed by atoms with Gasteiger partial charge in [-0.2, -0.15) is 0 Å². The third-order valence-electron chi connectivity index (χ3n) is 3.30. The first kappa shape index (κ1) is 18.3. The minimum atomic E-state index is -2.34. The molecule has 3 aromatic rings. The van der Waals surface area contributed by atoms with Crippen molar-refractivity contribution in [2.45, 2.75) is 0 Å². The lowest BCUT2D eigenvalue weighted by molar-refractivity contribution is 0.101. The van der Waals surface area contributed by atoms with E-state index in [1.807, 2.05) is 5.32 Å². The average molecular weight is 405 g/mol. The van der Waals surface area contributed by atoms with E-state index in [0.717, 1.165) is 11.3 Å². The van der Waals surface area contributed by atoms with Crippen molar-refractivity contribution >= 4 is 34.0 Å². The van der Waals surface area contributed by atoms with Gasteiger partial charge >= 0.3 is 0 Å². The number of nitrogens with zero attached hydrogens (tertiary/aromatic N) is 1. The molecule has 134 valence electrons. The van der Waals surface area contributed by atoms with E-state index in [-0.39, 0.29) is 5.13 Å². The molecule has 0 bridgehead atoms. The highest BCUT2D eigenvalue weighted by atomic mass is 35.5. The zero-order chi connectivity index (χ0) is 19.0. The Hall–Kier alpha value is -2.52. The van der Waals surface area contributed by atoms with Crippen LogP contribution in [0, 0.1) is 29.1 Å². The topological polar surface area (TPSA) is 42.0 Å². The number of aromatic nitrogens is 1. The molecule has 3 rings (SSSR count). The average Bonchev–Trinajstić information content (AvgIpc) is 3.07. The van der Waals surface area contributed by atoms with Gasteiger partial charge in [-0.1, -0.05) is 23.7 Å². The molecule has 0 aliphatic heterocycles. The van der Waals surface area contributed by atoms with Gasteiger partial charge in [0.15, 0.2) is 28.4 Å². The van der Waals surface area contributed by atoms with Crippen molar-refractivity contribution in [2.75, 3.05) is 5.32 Å². The summed E-state index contributed by atoms with van der Waals surface area (Å²) < 4.78 is 66.7. The molecule has 3 nitrogen and oxygen atoms in total. The van der Waals surface area contributed by atoms with Crippen LogP contribution in [0.15, 0.2) is 29.6 Å². The molecule has 0 atom stereocenters. The van der Waals surface area contributed by atoms with E-state index >= 15 is 0 Å². The Bertz CT molecular complexity index is 978. The van der Waals surface area contributed by atoms with Crippen molar-refractivity contribution in [1.82, 2.24) is 4.98 Å². The van der Waals surface area contributed by atoms with Gasteiger partial charge < -0.3 is 0 Å². The van der Waals surface area contributed by atoms with Gasteiger partial charge in [-0.3, -0.25) is 10.1 Å². The minimum absolute atomic E-state index is 0.0797. The zero-order valence-corrected chi connectivity index (χ0v) is 14.0. The van der Waals surface area contributed by atoms with E-state index in [1.54, 1.807) is 24.3 Å². The van der Waals surface area contributed by atoms with E-state index in [9.17, 15) is 26.7 Å². The summed E-state index contributed by atoms with van der Waals surface area (Å²) in [5.41, 5.74) is -0.494. The maximum absolute atomic E-state index is 13.7. The standard InChI is InChI=1S/C16H6ClF5N2OS/c17-7-3-1-6(2-4-7)8-5-26-16(23-8)24-15(25)9-10(18)12(20)14(22)13(21)11(9)19/h1-5H,(H,23,24,25). The molecule has 10 heteroatoms. The van der Waals surface area contributed by atoms with E-state index in [4.69, 9.17) is 11.6 Å². The zero-order valence-electron chi connectivity index (χ0n) is 12.4. The molecular weight excluding hydrogens is 399 g/mol. The molecule has 2 aromatic carbocycles. The van der Waals surface area contributed by atoms with Crippen molar-refractivity contribution in [2.24, 2.45) is 0 Å². The summed E-state index contributed by atoms with van der Waals surface area (Å²) in [7, 11) is 0. The monoisotopic (exact) mass is 404 g/mol. The number of carbonyl (C=O) groups is 1. The van der Waals surface area contributed by atoms with E-state index in [2.05, 4.69) is 4.98 Å². The number of thiazole rings is 1. The highest BCUT2D eigenvalue weighted by Gasteiger charge is 2.30. The summed E-state index contributed by atoms with van der Waals surface area (Å²) in [6, 6.07) is 6.55. The summed E-state index contributed by atoms with van der Waals surface area (Å²) in [4.78, 5) is 16.0. The highest BCUT2D eigenvalue weighted by Crippen LogP contribution is 2.28. The second kappa shape index (κ2) is 7.00. The molecule has 1 amide bonds. The highest BCUT2D eigenvalue weighted by molar-refractivity contribution is 7.14. The van der Waals surface area contributed by atoms with Crippen LogP contribution in [-0.4, -0.2) is 10.9 Å². The lowest BCUT2D eigenvalue weighted by Crippen LogP contribution is -2.19. The van der Waals surface area contributed by atoms with E-state index in [0.29, 0.717) is 16.3 Å². The van der Waals surface area contributed by atoms with Gasteiger partial charge in [-0.05, 0) is 12.1 Å². The lowest BCUT2D eigenvalue weighted by atomic mass is 10.1. The number of rotatable bonds is 3. The van der Waals surface area contributed by atoms with Crippen molar-refractivity contribution in [1.29, 1.82) is 0 Å². The van der Waals surface area contributed by atoms with Gasteiger partial charge in [0.1, 0.15) is 5.56 Å². The molecule has 0 radical (unpaired) electrons. The molecule has 1 N–H and O–H groups in total. The van der Waals surface area contributed by atoms with Crippen LogP contribution in [0.3, 0.4) is 0 Å². The fourth-order valence-electron chi connectivity index (χ4n) is 2.05. The van der Waals surface area contributed by atoms with Gasteiger partial charge in [-0.15, -0.1) is 11.3 Å². The number of benzene rings is 2. The molecule has 0 fully saturated rings. The van der Waals surface area contributed by atoms with Gasteiger partial charge in [0.2, 0.25) is 5.82 Å².